The zero-order chi connectivity index (χ0) is 21.6. The van der Waals surface area contributed by atoms with Crippen LogP contribution in [0.2, 0.25) is 0 Å². The molecule has 31 heavy (non-hydrogen) atoms. The van der Waals surface area contributed by atoms with Crippen LogP contribution >= 0.6 is 24.0 Å². The summed E-state index contributed by atoms with van der Waals surface area (Å²) in [5.41, 5.74) is 2.15. The lowest BCUT2D eigenvalue weighted by Crippen LogP contribution is -2.40. The molecule has 0 aliphatic carbocycles. The molecule has 1 unspecified atom stereocenters. The summed E-state index contributed by atoms with van der Waals surface area (Å²) in [6.07, 6.45) is 3.64. The van der Waals surface area contributed by atoms with Gasteiger partial charge in [0.2, 0.25) is 5.88 Å². The Hall–Kier alpha value is -1.87. The summed E-state index contributed by atoms with van der Waals surface area (Å²) in [5, 5.41) is 16.0. The highest BCUT2D eigenvalue weighted by atomic mass is 127. The molecular formula is C24H37IN4O2. The fourth-order valence-electron chi connectivity index (χ4n) is 3.26. The van der Waals surface area contributed by atoms with Crippen LogP contribution in [0.4, 0.5) is 0 Å². The lowest BCUT2D eigenvalue weighted by atomic mass is 9.94. The van der Waals surface area contributed by atoms with E-state index in [1.807, 2.05) is 42.5 Å². The summed E-state index contributed by atoms with van der Waals surface area (Å²) in [6.45, 7) is 9.32. The van der Waals surface area contributed by atoms with Gasteiger partial charge in [-0.3, -0.25) is 0 Å². The molecule has 0 saturated carbocycles. The van der Waals surface area contributed by atoms with Gasteiger partial charge in [-0.25, -0.2) is 9.98 Å². The SMILES string of the molecule is CCNC(=NCc1ccnc(OCc2ccccc2)c1)NCC(CCO)CC(C)C.I. The van der Waals surface area contributed by atoms with Crippen LogP contribution in [-0.2, 0) is 13.2 Å². The number of aromatic nitrogens is 1. The Morgan fingerprint density at radius 3 is 2.58 bits per heavy atom. The lowest BCUT2D eigenvalue weighted by Gasteiger charge is -2.20. The first kappa shape index (κ1) is 27.2. The number of rotatable bonds is 12. The van der Waals surface area contributed by atoms with E-state index in [1.165, 1.54) is 0 Å². The largest absolute Gasteiger partial charge is 0.473 e. The van der Waals surface area contributed by atoms with Gasteiger partial charge >= 0.3 is 0 Å². The predicted molar refractivity (Wildman–Crippen MR) is 138 cm³/mol. The average molecular weight is 540 g/mol. The number of guanidine groups is 1. The molecule has 1 heterocycles. The van der Waals surface area contributed by atoms with Crippen LogP contribution in [0, 0.1) is 11.8 Å². The molecule has 0 fully saturated rings. The Morgan fingerprint density at radius 1 is 1.13 bits per heavy atom. The fourth-order valence-corrected chi connectivity index (χ4v) is 3.26. The molecule has 1 aromatic heterocycles. The molecule has 0 spiro atoms. The van der Waals surface area contributed by atoms with E-state index >= 15 is 0 Å². The summed E-state index contributed by atoms with van der Waals surface area (Å²) in [4.78, 5) is 9.00. The molecule has 1 aromatic carbocycles. The van der Waals surface area contributed by atoms with Gasteiger partial charge in [0.05, 0.1) is 6.54 Å². The van der Waals surface area contributed by atoms with E-state index in [1.54, 1.807) is 6.20 Å². The summed E-state index contributed by atoms with van der Waals surface area (Å²) in [5.74, 6) is 2.42. The second-order valence-electron chi connectivity index (χ2n) is 7.86. The minimum absolute atomic E-state index is 0. The number of benzene rings is 1. The number of hydrogen-bond donors (Lipinski definition) is 3. The third kappa shape index (κ3) is 11.4. The van der Waals surface area contributed by atoms with Crippen LogP contribution in [0.25, 0.3) is 0 Å². The van der Waals surface area contributed by atoms with Gasteiger partial charge in [-0.1, -0.05) is 44.2 Å². The molecular weight excluding hydrogens is 503 g/mol. The van der Waals surface area contributed by atoms with Crippen molar-refractivity contribution >= 4 is 29.9 Å². The number of nitrogens with zero attached hydrogens (tertiary/aromatic N) is 2. The number of aliphatic imine (C=N–C) groups is 1. The maximum absolute atomic E-state index is 9.32. The molecule has 0 aliphatic rings. The quantitative estimate of drug-likeness (QED) is 0.212. The van der Waals surface area contributed by atoms with Crippen LogP contribution < -0.4 is 15.4 Å². The maximum atomic E-state index is 9.32. The van der Waals surface area contributed by atoms with Gasteiger partial charge in [0, 0.05) is 32.0 Å². The van der Waals surface area contributed by atoms with Crippen molar-refractivity contribution in [2.45, 2.75) is 46.8 Å². The number of pyridine rings is 1. The van der Waals surface area contributed by atoms with E-state index in [-0.39, 0.29) is 30.6 Å². The highest BCUT2D eigenvalue weighted by molar-refractivity contribution is 14.0. The summed E-state index contributed by atoms with van der Waals surface area (Å²) in [6, 6.07) is 13.9. The molecule has 172 valence electrons. The highest BCUT2D eigenvalue weighted by Crippen LogP contribution is 2.15. The molecule has 0 bridgehead atoms. The first-order valence-corrected chi connectivity index (χ1v) is 10.8. The van der Waals surface area contributed by atoms with Crippen LogP contribution in [0.15, 0.2) is 53.7 Å². The van der Waals surface area contributed by atoms with Crippen molar-refractivity contribution in [1.82, 2.24) is 15.6 Å². The number of ether oxygens (including phenoxy) is 1. The number of hydrogen-bond acceptors (Lipinski definition) is 4. The fraction of sp³-hybridized carbons (Fsp3) is 0.500. The van der Waals surface area contributed by atoms with Gasteiger partial charge in [0.1, 0.15) is 6.61 Å². The number of nitrogens with one attached hydrogen (secondary N) is 2. The Labute approximate surface area is 203 Å². The average Bonchev–Trinajstić information content (AvgIpc) is 2.75. The van der Waals surface area contributed by atoms with Gasteiger partial charge < -0.3 is 20.5 Å². The standard InChI is InChI=1S/C24H36N4O2.HI/c1-4-25-24(28-17-22(11-13-29)14-19(2)3)27-16-21-10-12-26-23(15-21)30-18-20-8-6-5-7-9-20;/h5-10,12,15,19,22,29H,4,11,13-14,16-18H2,1-3H3,(H2,25,27,28);1H. The molecule has 2 rings (SSSR count). The van der Waals surface area contributed by atoms with Crippen molar-refractivity contribution in [3.63, 3.8) is 0 Å². The van der Waals surface area contributed by atoms with Crippen LogP contribution in [-0.4, -0.2) is 35.7 Å². The maximum Gasteiger partial charge on any atom is 0.213 e. The topological polar surface area (TPSA) is 78.8 Å². The predicted octanol–water partition coefficient (Wildman–Crippen LogP) is 4.38. The van der Waals surface area contributed by atoms with Crippen molar-refractivity contribution < 1.29 is 9.84 Å². The molecule has 0 radical (unpaired) electrons. The van der Waals surface area contributed by atoms with Gasteiger partial charge in [-0.2, -0.15) is 0 Å². The van der Waals surface area contributed by atoms with Gasteiger partial charge in [0.15, 0.2) is 5.96 Å². The molecule has 0 aliphatic heterocycles. The Balaban J connectivity index is 0.00000480. The van der Waals surface area contributed by atoms with Crippen molar-refractivity contribution in [2.75, 3.05) is 19.7 Å². The lowest BCUT2D eigenvalue weighted by molar-refractivity contribution is 0.243. The molecule has 1 atom stereocenters. The van der Waals surface area contributed by atoms with Crippen molar-refractivity contribution in [3.8, 4) is 5.88 Å². The van der Waals surface area contributed by atoms with E-state index in [0.29, 0.717) is 30.9 Å². The molecule has 0 amide bonds. The van der Waals surface area contributed by atoms with Crippen LogP contribution in [0.3, 0.4) is 0 Å². The molecule has 7 heteroatoms. The third-order valence-corrected chi connectivity index (χ3v) is 4.69. The Bertz CT molecular complexity index is 756. The second kappa shape index (κ2) is 15.9. The van der Waals surface area contributed by atoms with Crippen molar-refractivity contribution in [2.24, 2.45) is 16.8 Å². The van der Waals surface area contributed by atoms with E-state index in [9.17, 15) is 5.11 Å². The Morgan fingerprint density at radius 2 is 1.90 bits per heavy atom. The number of aliphatic hydroxyl groups is 1. The summed E-state index contributed by atoms with van der Waals surface area (Å²) < 4.78 is 5.82. The normalized spacial score (nSPS) is 12.2. The molecule has 3 N–H and O–H groups in total. The summed E-state index contributed by atoms with van der Waals surface area (Å²) in [7, 11) is 0. The smallest absolute Gasteiger partial charge is 0.213 e. The zero-order valence-corrected chi connectivity index (χ0v) is 21.2. The summed E-state index contributed by atoms with van der Waals surface area (Å²) >= 11 is 0. The molecule has 6 nitrogen and oxygen atoms in total. The van der Waals surface area contributed by atoms with Gasteiger partial charge in [-0.15, -0.1) is 24.0 Å². The van der Waals surface area contributed by atoms with Gasteiger partial charge in [-0.05, 0) is 48.8 Å². The van der Waals surface area contributed by atoms with Crippen molar-refractivity contribution in [3.05, 3.63) is 59.8 Å². The minimum atomic E-state index is 0. The number of halogens is 1. The highest BCUT2D eigenvalue weighted by Gasteiger charge is 2.11. The Kier molecular flexibility index (Phi) is 13.9. The number of aliphatic hydroxyl groups excluding tert-OH is 1. The second-order valence-corrected chi connectivity index (χ2v) is 7.86. The molecule has 2 aromatic rings. The zero-order valence-electron chi connectivity index (χ0n) is 18.9. The first-order valence-electron chi connectivity index (χ1n) is 10.8. The molecule has 0 saturated heterocycles. The monoisotopic (exact) mass is 540 g/mol. The van der Waals surface area contributed by atoms with Crippen molar-refractivity contribution in [1.29, 1.82) is 0 Å². The van der Waals surface area contributed by atoms with Crippen LogP contribution in [0.5, 0.6) is 5.88 Å². The van der Waals surface area contributed by atoms with E-state index in [0.717, 1.165) is 43.0 Å². The van der Waals surface area contributed by atoms with Crippen LogP contribution in [0.1, 0.15) is 44.7 Å². The van der Waals surface area contributed by atoms with E-state index in [4.69, 9.17) is 9.73 Å². The van der Waals surface area contributed by atoms with E-state index in [2.05, 4.69) is 36.4 Å². The minimum Gasteiger partial charge on any atom is -0.473 e. The van der Waals surface area contributed by atoms with E-state index < -0.39 is 0 Å². The van der Waals surface area contributed by atoms with Gasteiger partial charge in [0.25, 0.3) is 0 Å². The third-order valence-electron chi connectivity index (χ3n) is 4.69. The first-order chi connectivity index (χ1) is 14.6.